The van der Waals surface area contributed by atoms with Crippen molar-refractivity contribution in [1.29, 1.82) is 0 Å². The molecular formula is C10H13BF3O-. The molecule has 0 N–H and O–H groups in total. The van der Waals surface area contributed by atoms with E-state index in [9.17, 15) is 12.9 Å². The molecule has 84 valence electrons. The molecule has 5 heteroatoms. The van der Waals surface area contributed by atoms with E-state index in [0.717, 1.165) is 12.1 Å². The lowest BCUT2D eigenvalue weighted by Gasteiger charge is -2.16. The highest BCUT2D eigenvalue weighted by Gasteiger charge is 2.25. The molecule has 0 spiro atoms. The van der Waals surface area contributed by atoms with E-state index >= 15 is 0 Å². The van der Waals surface area contributed by atoms with Crippen molar-refractivity contribution in [2.75, 3.05) is 6.61 Å². The van der Waals surface area contributed by atoms with E-state index in [1.165, 1.54) is 12.1 Å². The molecule has 0 atom stereocenters. The standard InChI is InChI=1S/C10H13BF3O/c1-8(2)7-15-10-5-3-4-9(6-10)11(12,13)14/h3-6,8H,7H2,1-2H3/q-1. The van der Waals surface area contributed by atoms with Crippen LogP contribution in [0.2, 0.25) is 0 Å². The second-order valence-electron chi connectivity index (χ2n) is 3.85. The lowest BCUT2D eigenvalue weighted by Crippen LogP contribution is -2.33. The van der Waals surface area contributed by atoms with E-state index in [0.29, 0.717) is 12.5 Å². The maximum Gasteiger partial charge on any atom is 0.509 e. The van der Waals surface area contributed by atoms with Crippen molar-refractivity contribution in [3.8, 4) is 5.75 Å². The van der Waals surface area contributed by atoms with E-state index < -0.39 is 12.4 Å². The molecule has 1 aromatic carbocycles. The Labute approximate surface area is 87.3 Å². The van der Waals surface area contributed by atoms with Crippen molar-refractivity contribution in [3.63, 3.8) is 0 Å². The summed E-state index contributed by atoms with van der Waals surface area (Å²) in [6.07, 6.45) is 0. The first kappa shape index (κ1) is 11.9. The Kier molecular flexibility index (Phi) is 3.66. The fraction of sp³-hybridized carbons (Fsp3) is 0.400. The topological polar surface area (TPSA) is 9.23 Å². The van der Waals surface area contributed by atoms with Crippen molar-refractivity contribution in [3.05, 3.63) is 24.3 Å². The SMILES string of the molecule is CC(C)COc1cccc([B-](F)(F)F)c1. The first-order valence-electron chi connectivity index (χ1n) is 4.82. The summed E-state index contributed by atoms with van der Waals surface area (Å²) in [6, 6.07) is 5.00. The number of benzene rings is 1. The monoisotopic (exact) mass is 217 g/mol. The van der Waals surface area contributed by atoms with E-state index in [1.54, 1.807) is 0 Å². The molecule has 0 unspecified atom stereocenters. The Balaban J connectivity index is 2.75. The number of rotatable bonds is 4. The Morgan fingerprint density at radius 1 is 1.27 bits per heavy atom. The average molecular weight is 217 g/mol. The molecule has 0 aliphatic heterocycles. The van der Waals surface area contributed by atoms with Gasteiger partial charge in [-0.25, -0.2) is 0 Å². The second kappa shape index (κ2) is 4.60. The molecular weight excluding hydrogens is 204 g/mol. The van der Waals surface area contributed by atoms with Crippen LogP contribution in [0.15, 0.2) is 24.3 Å². The van der Waals surface area contributed by atoms with Crippen LogP contribution in [0.3, 0.4) is 0 Å². The molecule has 1 nitrogen and oxygen atoms in total. The summed E-state index contributed by atoms with van der Waals surface area (Å²) >= 11 is 0. The number of halogens is 3. The molecule has 0 heterocycles. The zero-order chi connectivity index (χ0) is 11.5. The normalized spacial score (nSPS) is 11.9. The molecule has 0 saturated carbocycles. The van der Waals surface area contributed by atoms with Crippen LogP contribution in [-0.2, 0) is 0 Å². The second-order valence-corrected chi connectivity index (χ2v) is 3.85. The van der Waals surface area contributed by atoms with Crippen molar-refractivity contribution < 1.29 is 17.7 Å². The highest BCUT2D eigenvalue weighted by atomic mass is 19.4. The highest BCUT2D eigenvalue weighted by molar-refractivity contribution is 6.73. The van der Waals surface area contributed by atoms with Crippen LogP contribution < -0.4 is 10.2 Å². The average Bonchev–Trinajstić information content (AvgIpc) is 2.14. The summed E-state index contributed by atoms with van der Waals surface area (Å²) in [6.45, 7) is -0.626. The minimum atomic E-state index is -4.93. The van der Waals surface area contributed by atoms with Crippen molar-refractivity contribution in [2.45, 2.75) is 13.8 Å². The molecule has 0 saturated heterocycles. The Morgan fingerprint density at radius 2 is 1.93 bits per heavy atom. The predicted octanol–water partition coefficient (Wildman–Crippen LogP) is 2.78. The molecule has 0 aromatic heterocycles. The highest BCUT2D eigenvalue weighted by Crippen LogP contribution is 2.14. The van der Waals surface area contributed by atoms with Gasteiger partial charge < -0.3 is 17.7 Å². The van der Waals surface area contributed by atoms with Gasteiger partial charge in [-0.15, -0.1) is 5.46 Å². The van der Waals surface area contributed by atoms with Gasteiger partial charge in [-0.3, -0.25) is 0 Å². The van der Waals surface area contributed by atoms with Gasteiger partial charge >= 0.3 is 6.98 Å². The number of ether oxygens (including phenoxy) is 1. The Morgan fingerprint density at radius 3 is 2.47 bits per heavy atom. The summed E-state index contributed by atoms with van der Waals surface area (Å²) in [5.41, 5.74) is -0.615. The van der Waals surface area contributed by atoms with Gasteiger partial charge in [0.1, 0.15) is 5.75 Å². The Bertz CT molecular complexity index is 323. The first-order chi connectivity index (χ1) is 6.89. The molecule has 0 aliphatic carbocycles. The largest absolute Gasteiger partial charge is 0.509 e. The van der Waals surface area contributed by atoms with Gasteiger partial charge in [0, 0.05) is 0 Å². The molecule has 0 aliphatic rings. The molecule has 0 bridgehead atoms. The van der Waals surface area contributed by atoms with Crippen LogP contribution in [0.1, 0.15) is 13.8 Å². The quantitative estimate of drug-likeness (QED) is 0.704. The number of hydrogen-bond acceptors (Lipinski definition) is 1. The van der Waals surface area contributed by atoms with Gasteiger partial charge in [0.05, 0.1) is 6.61 Å². The van der Waals surface area contributed by atoms with Crippen LogP contribution in [-0.4, -0.2) is 13.6 Å². The summed E-state index contributed by atoms with van der Waals surface area (Å²) in [5.74, 6) is 0.574. The summed E-state index contributed by atoms with van der Waals surface area (Å²) in [5, 5.41) is 0. The van der Waals surface area contributed by atoms with Crippen LogP contribution >= 0.6 is 0 Å². The predicted molar refractivity (Wildman–Crippen MR) is 55.5 cm³/mol. The molecule has 0 fully saturated rings. The van der Waals surface area contributed by atoms with Gasteiger partial charge in [-0.05, 0) is 18.1 Å². The lowest BCUT2D eigenvalue weighted by molar-refractivity contribution is 0.271. The molecule has 15 heavy (non-hydrogen) atoms. The van der Waals surface area contributed by atoms with E-state index in [1.807, 2.05) is 13.8 Å². The summed E-state index contributed by atoms with van der Waals surface area (Å²) in [4.78, 5) is 0. The van der Waals surface area contributed by atoms with Crippen molar-refractivity contribution in [1.82, 2.24) is 0 Å². The third-order valence-corrected chi connectivity index (χ3v) is 1.82. The minimum absolute atomic E-state index is 0.278. The first-order valence-corrected chi connectivity index (χ1v) is 4.82. The molecule has 1 aromatic rings. The van der Waals surface area contributed by atoms with Gasteiger partial charge in [-0.1, -0.05) is 26.0 Å². The third kappa shape index (κ3) is 3.85. The van der Waals surface area contributed by atoms with Crippen LogP contribution in [0, 0.1) is 5.92 Å². The minimum Gasteiger partial charge on any atom is -0.493 e. The van der Waals surface area contributed by atoms with Gasteiger partial charge in [0.25, 0.3) is 0 Å². The molecule has 1 rings (SSSR count). The number of hydrogen-bond donors (Lipinski definition) is 0. The van der Waals surface area contributed by atoms with Gasteiger partial charge in [-0.2, -0.15) is 0 Å². The zero-order valence-electron chi connectivity index (χ0n) is 8.71. The molecule has 0 radical (unpaired) electrons. The summed E-state index contributed by atoms with van der Waals surface area (Å²) < 4.78 is 42.3. The maximum absolute atomic E-state index is 12.4. The fourth-order valence-corrected chi connectivity index (χ4v) is 1.07. The van der Waals surface area contributed by atoms with Crippen molar-refractivity contribution >= 4 is 12.4 Å². The Hall–Kier alpha value is -1.13. The maximum atomic E-state index is 12.4. The van der Waals surface area contributed by atoms with Gasteiger partial charge in [0.2, 0.25) is 0 Å². The lowest BCUT2D eigenvalue weighted by atomic mass is 9.80. The van der Waals surface area contributed by atoms with Crippen LogP contribution in [0.5, 0.6) is 5.75 Å². The third-order valence-electron chi connectivity index (χ3n) is 1.82. The fourth-order valence-electron chi connectivity index (χ4n) is 1.07. The zero-order valence-corrected chi connectivity index (χ0v) is 8.71. The molecule has 0 amide bonds. The summed E-state index contributed by atoms with van der Waals surface area (Å²) in [7, 11) is 0. The van der Waals surface area contributed by atoms with Gasteiger partial charge in [0.15, 0.2) is 0 Å². The van der Waals surface area contributed by atoms with Crippen LogP contribution in [0.25, 0.3) is 0 Å². The van der Waals surface area contributed by atoms with E-state index in [2.05, 4.69) is 0 Å². The van der Waals surface area contributed by atoms with Crippen molar-refractivity contribution in [2.24, 2.45) is 5.92 Å². The van der Waals surface area contributed by atoms with Crippen LogP contribution in [0.4, 0.5) is 12.9 Å². The van der Waals surface area contributed by atoms with E-state index in [-0.39, 0.29) is 5.75 Å². The van der Waals surface area contributed by atoms with E-state index in [4.69, 9.17) is 4.74 Å². The smallest absolute Gasteiger partial charge is 0.493 e.